The number of nitrogens with two attached hydrogens (primary N) is 1. The van der Waals surface area contributed by atoms with Crippen LogP contribution in [0.2, 0.25) is 0 Å². The smallest absolute Gasteiger partial charge is 0.0930 e. The monoisotopic (exact) mass is 233 g/mol. The van der Waals surface area contributed by atoms with Gasteiger partial charge in [0.05, 0.1) is 6.61 Å². The van der Waals surface area contributed by atoms with Gasteiger partial charge in [-0.3, -0.25) is 4.84 Å². The van der Waals surface area contributed by atoms with E-state index in [1.54, 1.807) is 0 Å². The van der Waals surface area contributed by atoms with Crippen molar-refractivity contribution in [1.82, 2.24) is 0 Å². The fraction of sp³-hybridized carbons (Fsp3) is 0.600. The van der Waals surface area contributed by atoms with Crippen molar-refractivity contribution in [2.45, 2.75) is 52.1 Å². The minimum Gasteiger partial charge on any atom is -0.300 e. The highest BCUT2D eigenvalue weighted by Gasteiger charge is 2.27. The lowest BCUT2D eigenvalue weighted by Gasteiger charge is -2.34. The quantitative estimate of drug-likeness (QED) is 0.807. The number of hydrogen-bond acceptors (Lipinski definition) is 2. The van der Waals surface area contributed by atoms with Crippen LogP contribution in [0.15, 0.2) is 24.3 Å². The molecule has 0 unspecified atom stereocenters. The average molecular weight is 233 g/mol. The van der Waals surface area contributed by atoms with Crippen LogP contribution in [0.3, 0.4) is 0 Å². The van der Waals surface area contributed by atoms with E-state index in [2.05, 4.69) is 38.1 Å². The van der Waals surface area contributed by atoms with Crippen molar-refractivity contribution in [3.05, 3.63) is 35.4 Å². The Kier molecular flexibility index (Phi) is 3.85. The van der Waals surface area contributed by atoms with Crippen LogP contribution in [0.5, 0.6) is 0 Å². The third kappa shape index (κ3) is 3.30. The van der Waals surface area contributed by atoms with Crippen LogP contribution in [0.1, 0.15) is 56.6 Å². The van der Waals surface area contributed by atoms with E-state index in [4.69, 9.17) is 10.7 Å². The molecule has 1 aromatic carbocycles. The third-order valence-electron chi connectivity index (χ3n) is 4.01. The summed E-state index contributed by atoms with van der Waals surface area (Å²) in [6.07, 6.45) is 5.27. The fourth-order valence-electron chi connectivity index (χ4n) is 2.77. The molecule has 0 aromatic heterocycles. The molecule has 0 heterocycles. The third-order valence-corrected chi connectivity index (χ3v) is 4.01. The second-order valence-electron chi connectivity index (χ2n) is 5.99. The maximum Gasteiger partial charge on any atom is 0.0930 e. The summed E-state index contributed by atoms with van der Waals surface area (Å²) in [5, 5.41) is 0. The first kappa shape index (κ1) is 12.6. The predicted molar refractivity (Wildman–Crippen MR) is 70.4 cm³/mol. The van der Waals surface area contributed by atoms with Crippen LogP contribution in [-0.2, 0) is 11.4 Å². The molecule has 0 aliphatic heterocycles. The highest BCUT2D eigenvalue weighted by Crippen LogP contribution is 2.42. The zero-order valence-electron chi connectivity index (χ0n) is 10.9. The first-order valence-electron chi connectivity index (χ1n) is 6.51. The first-order chi connectivity index (χ1) is 8.11. The molecule has 2 heteroatoms. The summed E-state index contributed by atoms with van der Waals surface area (Å²) in [4.78, 5) is 4.70. The highest BCUT2D eigenvalue weighted by atomic mass is 16.6. The van der Waals surface area contributed by atoms with Gasteiger partial charge in [0, 0.05) is 0 Å². The lowest BCUT2D eigenvalue weighted by Crippen LogP contribution is -2.20. The van der Waals surface area contributed by atoms with Gasteiger partial charge in [0.25, 0.3) is 0 Å². The van der Waals surface area contributed by atoms with E-state index in [1.165, 1.54) is 36.8 Å². The summed E-state index contributed by atoms with van der Waals surface area (Å²) in [6.45, 7) is 5.26. The summed E-state index contributed by atoms with van der Waals surface area (Å²) >= 11 is 0. The van der Waals surface area contributed by atoms with Gasteiger partial charge in [-0.05, 0) is 48.1 Å². The lowest BCUT2D eigenvalue weighted by atomic mass is 9.71. The van der Waals surface area contributed by atoms with Crippen LogP contribution in [0, 0.1) is 5.41 Å². The Labute approximate surface area is 104 Å². The van der Waals surface area contributed by atoms with Gasteiger partial charge in [0.2, 0.25) is 0 Å². The lowest BCUT2D eigenvalue weighted by molar-refractivity contribution is 0.124. The first-order valence-corrected chi connectivity index (χ1v) is 6.51. The van der Waals surface area contributed by atoms with E-state index in [1.807, 2.05) is 0 Å². The van der Waals surface area contributed by atoms with Gasteiger partial charge >= 0.3 is 0 Å². The molecule has 1 aliphatic carbocycles. The van der Waals surface area contributed by atoms with E-state index in [0.29, 0.717) is 12.0 Å². The van der Waals surface area contributed by atoms with Gasteiger partial charge in [0.15, 0.2) is 0 Å². The molecule has 2 nitrogen and oxygen atoms in total. The van der Waals surface area contributed by atoms with Gasteiger partial charge in [-0.2, -0.15) is 0 Å². The molecule has 0 radical (unpaired) electrons. The van der Waals surface area contributed by atoms with Gasteiger partial charge in [-0.15, -0.1) is 0 Å². The molecule has 0 amide bonds. The summed E-state index contributed by atoms with van der Waals surface area (Å²) in [5.41, 5.74) is 3.17. The second kappa shape index (κ2) is 5.19. The van der Waals surface area contributed by atoms with Crippen LogP contribution in [0.25, 0.3) is 0 Å². The number of benzene rings is 1. The van der Waals surface area contributed by atoms with Crippen LogP contribution < -0.4 is 5.90 Å². The average Bonchev–Trinajstić information content (AvgIpc) is 2.30. The Balaban J connectivity index is 2.05. The number of rotatable bonds is 3. The molecule has 94 valence electrons. The maximum absolute atomic E-state index is 5.12. The highest BCUT2D eigenvalue weighted by molar-refractivity contribution is 5.26. The van der Waals surface area contributed by atoms with Crippen molar-refractivity contribution in [2.24, 2.45) is 11.3 Å². The molecule has 1 aromatic rings. The standard InChI is InChI=1S/C15H23NO/c1-15(2)8-6-13(7-9-15)14-5-3-4-12(10-14)11-17-16/h3-5,10,13H,6-9,11,16H2,1-2H3. The normalized spacial score (nSPS) is 20.4. The summed E-state index contributed by atoms with van der Waals surface area (Å²) in [6, 6.07) is 8.67. The Morgan fingerprint density at radius 2 is 2.00 bits per heavy atom. The minimum atomic E-state index is 0.506. The van der Waals surface area contributed by atoms with E-state index >= 15 is 0 Å². The van der Waals surface area contributed by atoms with Gasteiger partial charge in [0.1, 0.15) is 0 Å². The molecule has 0 saturated heterocycles. The summed E-state index contributed by atoms with van der Waals surface area (Å²) < 4.78 is 0. The Morgan fingerprint density at radius 1 is 1.29 bits per heavy atom. The maximum atomic E-state index is 5.12. The van der Waals surface area contributed by atoms with Crippen molar-refractivity contribution >= 4 is 0 Å². The van der Waals surface area contributed by atoms with E-state index < -0.39 is 0 Å². The molecule has 1 saturated carbocycles. The molecule has 17 heavy (non-hydrogen) atoms. The van der Waals surface area contributed by atoms with Crippen molar-refractivity contribution in [2.75, 3.05) is 0 Å². The van der Waals surface area contributed by atoms with E-state index in [0.717, 1.165) is 5.92 Å². The van der Waals surface area contributed by atoms with Crippen molar-refractivity contribution in [3.8, 4) is 0 Å². The molecular weight excluding hydrogens is 210 g/mol. The molecule has 1 aliphatic rings. The van der Waals surface area contributed by atoms with Crippen molar-refractivity contribution in [3.63, 3.8) is 0 Å². The molecule has 0 atom stereocenters. The molecule has 1 fully saturated rings. The van der Waals surface area contributed by atoms with Crippen LogP contribution in [0.4, 0.5) is 0 Å². The predicted octanol–water partition coefficient (Wildman–Crippen LogP) is 3.76. The van der Waals surface area contributed by atoms with Gasteiger partial charge in [-0.25, -0.2) is 5.90 Å². The van der Waals surface area contributed by atoms with Crippen molar-refractivity contribution < 1.29 is 4.84 Å². The largest absolute Gasteiger partial charge is 0.300 e. The molecule has 0 bridgehead atoms. The Morgan fingerprint density at radius 3 is 2.65 bits per heavy atom. The zero-order valence-corrected chi connectivity index (χ0v) is 10.9. The SMILES string of the molecule is CC1(C)CCC(c2cccc(CON)c2)CC1. The molecule has 2 N–H and O–H groups in total. The summed E-state index contributed by atoms with van der Waals surface area (Å²) in [5.74, 6) is 5.85. The Hall–Kier alpha value is -0.860. The summed E-state index contributed by atoms with van der Waals surface area (Å²) in [7, 11) is 0. The second-order valence-corrected chi connectivity index (χ2v) is 5.99. The van der Waals surface area contributed by atoms with Crippen molar-refractivity contribution in [1.29, 1.82) is 0 Å². The van der Waals surface area contributed by atoms with Gasteiger partial charge < -0.3 is 0 Å². The topological polar surface area (TPSA) is 35.2 Å². The van der Waals surface area contributed by atoms with Crippen LogP contribution in [-0.4, -0.2) is 0 Å². The minimum absolute atomic E-state index is 0.506. The number of hydrogen-bond donors (Lipinski definition) is 1. The molecular formula is C15H23NO. The fourth-order valence-corrected chi connectivity index (χ4v) is 2.77. The van der Waals surface area contributed by atoms with E-state index in [-0.39, 0.29) is 0 Å². The van der Waals surface area contributed by atoms with E-state index in [9.17, 15) is 0 Å². The molecule has 0 spiro atoms. The zero-order chi connectivity index (χ0) is 12.3. The Bertz CT molecular complexity index is 363. The van der Waals surface area contributed by atoms with Gasteiger partial charge in [-0.1, -0.05) is 38.1 Å². The van der Waals surface area contributed by atoms with Crippen LogP contribution >= 0.6 is 0 Å². The molecule has 2 rings (SSSR count).